The Kier molecular flexibility index (Phi) is 4.68. The number of likely N-dealkylation sites (tertiary alicyclic amines) is 1. The molecular formula is C21H21F2N5O2. The van der Waals surface area contributed by atoms with Crippen molar-refractivity contribution in [3.8, 4) is 0 Å². The summed E-state index contributed by atoms with van der Waals surface area (Å²) in [7, 11) is 0. The number of halogens is 2. The molecule has 0 saturated carbocycles. The van der Waals surface area contributed by atoms with Crippen LogP contribution in [0.4, 0.5) is 25.8 Å². The lowest BCUT2D eigenvalue weighted by Crippen LogP contribution is -2.60. The van der Waals surface area contributed by atoms with Gasteiger partial charge in [-0.1, -0.05) is 12.1 Å². The minimum atomic E-state index is -2.83. The lowest BCUT2D eigenvalue weighted by atomic mass is 10.1. The van der Waals surface area contributed by atoms with Crippen LogP contribution in [0, 0.1) is 5.41 Å². The molecule has 2 aromatic rings. The first-order chi connectivity index (χ1) is 14.1. The summed E-state index contributed by atoms with van der Waals surface area (Å²) in [5, 5.41) is 10.9. The summed E-state index contributed by atoms with van der Waals surface area (Å²) < 4.78 is 26.0. The highest BCUT2D eigenvalue weighted by molar-refractivity contribution is 6.06. The molecule has 2 aliphatic rings. The summed E-state index contributed by atoms with van der Waals surface area (Å²) in [5.74, 6) is -3.64. The van der Waals surface area contributed by atoms with Gasteiger partial charge in [0.15, 0.2) is 0 Å². The first kappa shape index (κ1) is 19.8. The van der Waals surface area contributed by atoms with Gasteiger partial charge in [0.25, 0.3) is 11.8 Å². The molecule has 0 radical (unpaired) electrons. The third-order valence-electron chi connectivity index (χ3n) is 5.27. The van der Waals surface area contributed by atoms with Gasteiger partial charge >= 0.3 is 0 Å². The number of carbonyl (C=O) groups excluding carboxylic acids is 2. The average Bonchev–Trinajstić information content (AvgIpc) is 2.96. The first-order valence-electron chi connectivity index (χ1n) is 9.43. The second-order valence-electron chi connectivity index (χ2n) is 7.66. The van der Waals surface area contributed by atoms with Crippen LogP contribution in [0.25, 0.3) is 0 Å². The van der Waals surface area contributed by atoms with Gasteiger partial charge in [-0.25, -0.2) is 8.78 Å². The fourth-order valence-corrected chi connectivity index (χ4v) is 3.74. The first-order valence-corrected chi connectivity index (χ1v) is 9.43. The lowest BCUT2D eigenvalue weighted by Gasteiger charge is -2.39. The quantitative estimate of drug-likeness (QED) is 0.518. The van der Waals surface area contributed by atoms with Crippen LogP contribution in [0.15, 0.2) is 36.4 Å². The van der Waals surface area contributed by atoms with Gasteiger partial charge in [-0.2, -0.15) is 0 Å². The average molecular weight is 413 g/mol. The molecule has 1 fully saturated rings. The van der Waals surface area contributed by atoms with Crippen molar-refractivity contribution in [3.63, 3.8) is 0 Å². The number of carbonyl (C=O) groups is 2. The second-order valence-corrected chi connectivity index (χ2v) is 7.66. The number of nitrogen functional groups attached to an aromatic ring is 1. The van der Waals surface area contributed by atoms with E-state index >= 15 is 0 Å². The Balaban J connectivity index is 1.51. The number of hydrogen-bond donors (Lipinski definition) is 3. The van der Waals surface area contributed by atoms with E-state index in [0.717, 1.165) is 10.5 Å². The predicted octanol–water partition coefficient (Wildman–Crippen LogP) is 2.83. The van der Waals surface area contributed by atoms with Gasteiger partial charge in [-0.05, 0) is 36.8 Å². The maximum Gasteiger partial charge on any atom is 0.282 e. The van der Waals surface area contributed by atoms with Crippen molar-refractivity contribution in [1.29, 1.82) is 5.41 Å². The van der Waals surface area contributed by atoms with E-state index in [1.165, 1.54) is 4.90 Å². The molecule has 156 valence electrons. The van der Waals surface area contributed by atoms with Crippen molar-refractivity contribution >= 4 is 34.6 Å². The fourth-order valence-electron chi connectivity index (χ4n) is 3.74. The van der Waals surface area contributed by atoms with E-state index in [2.05, 4.69) is 5.32 Å². The molecule has 0 atom stereocenters. The minimum absolute atomic E-state index is 0.233. The smallest absolute Gasteiger partial charge is 0.282 e. The summed E-state index contributed by atoms with van der Waals surface area (Å²) in [4.78, 5) is 27.6. The van der Waals surface area contributed by atoms with Gasteiger partial charge in [-0.15, -0.1) is 0 Å². The molecule has 1 saturated heterocycles. The summed E-state index contributed by atoms with van der Waals surface area (Å²) in [6, 6.07) is 10.6. The van der Waals surface area contributed by atoms with Gasteiger partial charge in [0.05, 0.1) is 24.3 Å². The molecular weight excluding hydrogens is 392 g/mol. The van der Waals surface area contributed by atoms with E-state index in [9.17, 15) is 18.4 Å². The molecule has 4 rings (SSSR count). The van der Waals surface area contributed by atoms with Crippen molar-refractivity contribution in [1.82, 2.24) is 9.80 Å². The zero-order valence-electron chi connectivity index (χ0n) is 16.3. The van der Waals surface area contributed by atoms with Crippen LogP contribution >= 0.6 is 0 Å². The van der Waals surface area contributed by atoms with Crippen LogP contribution in [0.2, 0.25) is 0 Å². The van der Waals surface area contributed by atoms with Crippen molar-refractivity contribution < 1.29 is 18.4 Å². The monoisotopic (exact) mass is 413 g/mol. The molecule has 0 unspecified atom stereocenters. The fraction of sp³-hybridized carbons (Fsp3) is 0.286. The Morgan fingerprint density at radius 1 is 1.27 bits per heavy atom. The van der Waals surface area contributed by atoms with Gasteiger partial charge < -0.3 is 26.3 Å². The molecule has 0 spiro atoms. The third-order valence-corrected chi connectivity index (χ3v) is 5.27. The van der Waals surface area contributed by atoms with E-state index in [1.807, 2.05) is 0 Å². The zero-order chi connectivity index (χ0) is 21.6. The van der Waals surface area contributed by atoms with Crippen molar-refractivity contribution in [2.75, 3.05) is 30.7 Å². The van der Waals surface area contributed by atoms with Gasteiger partial charge in [-0.3, -0.25) is 9.59 Å². The van der Waals surface area contributed by atoms with Crippen LogP contribution in [-0.2, 0) is 11.3 Å². The Labute approximate surface area is 172 Å². The van der Waals surface area contributed by atoms with Crippen molar-refractivity contribution in [2.24, 2.45) is 0 Å². The van der Waals surface area contributed by atoms with E-state index in [4.69, 9.17) is 11.1 Å². The number of rotatable bonds is 5. The molecule has 4 N–H and O–H groups in total. The van der Waals surface area contributed by atoms with Crippen LogP contribution in [0.5, 0.6) is 0 Å². The number of amides is 2. The molecule has 7 nitrogen and oxygen atoms in total. The lowest BCUT2D eigenvalue weighted by molar-refractivity contribution is -0.166. The number of anilines is 3. The predicted molar refractivity (Wildman–Crippen MR) is 109 cm³/mol. The van der Waals surface area contributed by atoms with Crippen LogP contribution in [-0.4, -0.2) is 52.9 Å². The summed E-state index contributed by atoms with van der Waals surface area (Å²) in [6.45, 7) is 0.469. The highest BCUT2D eigenvalue weighted by Crippen LogP contribution is 2.33. The molecule has 2 aromatic carbocycles. The van der Waals surface area contributed by atoms with Crippen molar-refractivity contribution in [3.05, 3.63) is 53.1 Å². The molecule has 9 heteroatoms. The van der Waals surface area contributed by atoms with E-state index in [0.29, 0.717) is 33.9 Å². The largest absolute Gasteiger partial charge is 0.398 e. The second kappa shape index (κ2) is 7.08. The molecule has 0 aliphatic carbocycles. The van der Waals surface area contributed by atoms with Gasteiger partial charge in [0.1, 0.15) is 6.54 Å². The van der Waals surface area contributed by atoms with Crippen molar-refractivity contribution in [2.45, 2.75) is 19.4 Å². The Morgan fingerprint density at radius 3 is 2.63 bits per heavy atom. The van der Waals surface area contributed by atoms with Crippen LogP contribution in [0.1, 0.15) is 28.4 Å². The molecule has 2 aliphatic heterocycles. The van der Waals surface area contributed by atoms with E-state index in [-0.39, 0.29) is 19.0 Å². The minimum Gasteiger partial charge on any atom is -0.398 e. The van der Waals surface area contributed by atoms with Gasteiger partial charge in [0, 0.05) is 29.2 Å². The SMILES string of the molecule is CC(=N)c1ccc(Nc2cccc3c2C(=O)N(CC(=O)N2CC(F)(F)C2)C3)cc1N. The molecule has 2 amide bonds. The number of hydrogen-bond acceptors (Lipinski definition) is 5. The Hall–Kier alpha value is -3.49. The van der Waals surface area contributed by atoms with Crippen LogP contribution in [0.3, 0.4) is 0 Å². The topological polar surface area (TPSA) is 103 Å². The molecule has 0 aromatic heterocycles. The number of nitrogens with two attached hydrogens (primary N) is 1. The van der Waals surface area contributed by atoms with E-state index < -0.39 is 24.9 Å². The third kappa shape index (κ3) is 3.58. The van der Waals surface area contributed by atoms with E-state index in [1.54, 1.807) is 43.3 Å². The Bertz CT molecular complexity index is 1060. The van der Waals surface area contributed by atoms with Gasteiger partial charge in [0.2, 0.25) is 5.91 Å². The Morgan fingerprint density at radius 2 is 2.00 bits per heavy atom. The number of fused-ring (bicyclic) bond motifs is 1. The molecule has 2 heterocycles. The van der Waals surface area contributed by atoms with Crippen LogP contribution < -0.4 is 11.1 Å². The highest BCUT2D eigenvalue weighted by atomic mass is 19.3. The number of benzene rings is 2. The number of nitrogens with one attached hydrogen (secondary N) is 2. The number of nitrogens with zero attached hydrogens (tertiary/aromatic N) is 2. The summed E-state index contributed by atoms with van der Waals surface area (Å²) in [5.41, 5.74) is 9.89. The molecule has 0 bridgehead atoms. The number of alkyl halides is 2. The zero-order valence-corrected chi connectivity index (χ0v) is 16.3. The summed E-state index contributed by atoms with van der Waals surface area (Å²) in [6.07, 6.45) is 0. The summed E-state index contributed by atoms with van der Waals surface area (Å²) >= 11 is 0. The highest BCUT2D eigenvalue weighted by Gasteiger charge is 2.46. The normalized spacial score (nSPS) is 16.8. The molecule has 30 heavy (non-hydrogen) atoms. The standard InChI is InChI=1S/C21H21F2N5O2/c1-12(24)15-6-5-14(7-16(15)25)26-17-4-2-3-13-8-27(20(30)19(13)17)9-18(29)28-10-21(22,23)11-28/h2-7,24,26H,8-11,25H2,1H3. The maximum atomic E-state index is 13.0. The maximum absolute atomic E-state index is 13.0.